The van der Waals surface area contributed by atoms with E-state index in [4.69, 9.17) is 35.9 Å². The normalized spacial score (nSPS) is 25.7. The molecule has 0 amide bonds. The van der Waals surface area contributed by atoms with E-state index < -0.39 is 190 Å². The fourth-order valence-electron chi connectivity index (χ4n) is 14.8. The second kappa shape index (κ2) is 50.9. The molecule has 0 spiro atoms. The molecule has 5 saturated heterocycles. The Hall–Kier alpha value is -6.80. The van der Waals surface area contributed by atoms with E-state index in [2.05, 4.69) is 139 Å². The van der Waals surface area contributed by atoms with Gasteiger partial charge in [0.25, 0.3) is 27.8 Å². The number of nitrogens with zero attached hydrogens (tertiary/aromatic N) is 5. The van der Waals surface area contributed by atoms with E-state index in [1.165, 1.54) is 52.7 Å². The Bertz CT molecular complexity index is 5370. The Labute approximate surface area is 787 Å². The Morgan fingerprint density at radius 2 is 0.552 bits per heavy atom. The molecule has 0 aromatic carbocycles. The number of hydrogen-bond acceptors (Lipinski definition) is 29. The number of Topliss-reactive ketones (excluding diaryl/α,β-unsaturated/α-hetero) is 2. The van der Waals surface area contributed by atoms with Gasteiger partial charge in [0.15, 0.2) is 29.7 Å². The van der Waals surface area contributed by atoms with Crippen molar-refractivity contribution >= 4 is 89.7 Å². The van der Waals surface area contributed by atoms with Gasteiger partial charge in [-0.15, -0.1) is 65.9 Å². The summed E-state index contributed by atoms with van der Waals surface area (Å²) in [6.45, 7) is 33.8. The third kappa shape index (κ3) is 35.8. The van der Waals surface area contributed by atoms with Crippen LogP contribution >= 0.6 is 46.6 Å². The van der Waals surface area contributed by atoms with E-state index in [-0.39, 0.29) is 64.4 Å². The van der Waals surface area contributed by atoms with Gasteiger partial charge in [0.05, 0.1) is 36.6 Å². The van der Waals surface area contributed by atoms with Crippen LogP contribution in [0.25, 0.3) is 0 Å². The lowest BCUT2D eigenvalue weighted by Gasteiger charge is -2.20. The molecule has 5 aliphatic rings. The number of H-pyrrole nitrogens is 5. The molecule has 0 saturated carbocycles. The molecule has 17 N–H and O–H groups in total. The predicted molar refractivity (Wildman–Crippen MR) is 543 cm³/mol. The average Bonchev–Trinajstić information content (AvgIpc) is 1.66. The molecule has 0 bridgehead atoms. The van der Waals surface area contributed by atoms with Crippen molar-refractivity contribution in [2.45, 2.75) is 243 Å². The summed E-state index contributed by atoms with van der Waals surface area (Å²) in [5, 5.41) is 103. The molecule has 44 heteroatoms. The molecule has 0 aliphatic carbocycles. The van der Waals surface area contributed by atoms with Crippen molar-refractivity contribution in [3.63, 3.8) is 0 Å². The molecule has 0 radical (unpaired) electrons. The van der Waals surface area contributed by atoms with Gasteiger partial charge in [0, 0.05) is 117 Å². The molecule has 10 rings (SSSR count). The number of nitrogens with one attached hydrogen (secondary N) is 8. The number of carbonyl (C=O) groups excluding carboxylic acids is 2. The summed E-state index contributed by atoms with van der Waals surface area (Å²) in [5.41, 5.74) is -0.177. The van der Waals surface area contributed by atoms with Crippen LogP contribution in [0, 0.1) is 10.7 Å². The first kappa shape index (κ1) is 116. The van der Waals surface area contributed by atoms with Crippen LogP contribution in [0.3, 0.4) is 0 Å². The lowest BCUT2D eigenvalue weighted by molar-refractivity contribution is -0.117. The summed E-state index contributed by atoms with van der Waals surface area (Å²) in [6.07, 6.45) is 23.0. The zero-order chi connectivity index (χ0) is 101. The van der Waals surface area contributed by atoms with Crippen LogP contribution in [0.2, 0.25) is 0 Å². The maximum atomic E-state index is 12.4. The summed E-state index contributed by atoms with van der Waals surface area (Å²) in [6, 6.07) is 0. The molecular formula is C90H148N13O25P5S. The van der Waals surface area contributed by atoms with Crippen LogP contribution in [0.15, 0.2) is 109 Å². The van der Waals surface area contributed by atoms with Crippen molar-refractivity contribution in [2.75, 3.05) is 117 Å². The number of ether oxygens (including phenoxy) is 5. The molecule has 20 atom stereocenters. The standard InChI is InChI=1S/C20H34N3O4P.C19H32N3O5P.C19H32N3O4PS.2C16H25N2O6P/c1-13(2)7-9-21-11-15-12-23(20(26)22-18(15)25)19-14(3)17(24)16(27-19)8-10-28(4,5)6;1-12(2)6-8-20-10-13-11-22(19(26)21-17(13)25)18-16(24)15(23)14(27-18)7-9-28(3,4)5;1-12(2)6-8-20-10-13-11-22(19(28)21-17(13)25)18-16(24)15(23)14(26-18)7-9-27(3,4)5;2*1-9(19)7-10-8-18(16(23)17-14(10)22)15-13(21)12(20)11(24-15)5-6-25(2,3)4/h7,12,14,16-17,19,21,24H,4,8-11H2,1-3,5-6H3,(H,22,25,26);6,11,14-16,18,20,23-24H,3,7-10H2,1-2,4-5H3,(H,21,25,26);6,11,14-16,18,20,23-24H,3,7-10H2,1-2,4-5H3,(H,21,25,28);2*8,11-13,15,20-21H,2,5-7H2,1,3-4H3,(H,17,22,23)/t14-,16-,17+,19-;2*14-,15-,16-,18-;2*11-,12-,13-,15-/m11111/s1. The van der Waals surface area contributed by atoms with Crippen molar-refractivity contribution < 1.29 is 79.2 Å². The van der Waals surface area contributed by atoms with Crippen molar-refractivity contribution in [2.24, 2.45) is 5.92 Å². The van der Waals surface area contributed by atoms with E-state index in [0.717, 1.165) is 50.1 Å². The summed E-state index contributed by atoms with van der Waals surface area (Å²) in [7, 11) is 0. The molecule has 5 aromatic rings. The van der Waals surface area contributed by atoms with Crippen molar-refractivity contribution in [1.29, 1.82) is 0 Å². The fourth-order valence-corrected chi connectivity index (χ4v) is 19.8. The number of allylic oxidation sites excluding steroid dienone is 3. The van der Waals surface area contributed by atoms with Gasteiger partial charge in [-0.3, -0.25) is 81.3 Å². The first-order chi connectivity index (χ1) is 62.0. The third-order valence-corrected chi connectivity index (χ3v) is 30.2. The fraction of sp³-hybridized carbons (Fsp3) is 0.633. The highest BCUT2D eigenvalue weighted by Gasteiger charge is 2.49. The molecule has 38 nitrogen and oxygen atoms in total. The van der Waals surface area contributed by atoms with E-state index in [1.54, 1.807) is 12.4 Å². The molecule has 10 heterocycles. The first-order valence-electron chi connectivity index (χ1n) is 44.5. The summed E-state index contributed by atoms with van der Waals surface area (Å²) >= 11 is 5.26. The summed E-state index contributed by atoms with van der Waals surface area (Å²) in [4.78, 5) is 143. The molecule has 754 valence electrons. The van der Waals surface area contributed by atoms with Crippen molar-refractivity contribution in [1.82, 2.24) is 63.7 Å². The molecule has 5 aromatic heterocycles. The first-order valence-corrected chi connectivity index (χ1v) is 60.1. The van der Waals surface area contributed by atoms with Gasteiger partial charge in [-0.2, -0.15) is 0 Å². The second-order valence-corrected chi connectivity index (χ2v) is 61.4. The number of carbonyl (C=O) groups is 2. The van der Waals surface area contributed by atoms with Crippen molar-refractivity contribution in [3.8, 4) is 0 Å². The highest BCUT2D eigenvalue weighted by atomic mass is 32.1. The number of hydrogen-bond donors (Lipinski definition) is 17. The van der Waals surface area contributed by atoms with E-state index in [1.807, 2.05) is 66.7 Å². The quantitative estimate of drug-likeness (QED) is 0.0118. The highest BCUT2D eigenvalue weighted by Crippen LogP contribution is 2.45. The minimum atomic E-state index is -1.32. The third-order valence-electron chi connectivity index (χ3n) is 22.5. The molecule has 0 unspecified atom stereocenters. The lowest BCUT2D eigenvalue weighted by atomic mass is 10.0. The smallest absolute Gasteiger partial charge is 0.330 e. The van der Waals surface area contributed by atoms with Crippen LogP contribution < -0.4 is 66.5 Å². The topological polar surface area (TPSA) is 556 Å². The zero-order valence-electron chi connectivity index (χ0n) is 80.9. The Morgan fingerprint density at radius 3 is 0.799 bits per heavy atom. The molecule has 134 heavy (non-hydrogen) atoms. The number of aliphatic hydroxyl groups is 9. The summed E-state index contributed by atoms with van der Waals surface area (Å²) < 4.78 is 35.5. The predicted octanol–water partition coefficient (Wildman–Crippen LogP) is 2.35. The zero-order valence-corrected chi connectivity index (χ0v) is 86.2. The number of ketones is 2. The van der Waals surface area contributed by atoms with Crippen LogP contribution in [0.4, 0.5) is 0 Å². The molecular weight excluding hydrogens is 1850 g/mol. The van der Waals surface area contributed by atoms with Gasteiger partial charge in [-0.1, -0.05) is 41.9 Å². The van der Waals surface area contributed by atoms with Crippen LogP contribution in [0.5, 0.6) is 0 Å². The van der Waals surface area contributed by atoms with Gasteiger partial charge >= 0.3 is 22.8 Å². The minimum Gasteiger partial charge on any atom is -0.390 e. The lowest BCUT2D eigenvalue weighted by Crippen LogP contribution is -2.39. The Kier molecular flexibility index (Phi) is 44.0. The van der Waals surface area contributed by atoms with E-state index in [0.29, 0.717) is 81.5 Å². The average molecular weight is 2000 g/mol. The van der Waals surface area contributed by atoms with Crippen molar-refractivity contribution in [3.05, 3.63) is 192 Å². The Morgan fingerprint density at radius 1 is 0.343 bits per heavy atom. The molecule has 5 fully saturated rings. The van der Waals surface area contributed by atoms with E-state index >= 15 is 0 Å². The number of rotatable bonds is 36. The maximum absolute atomic E-state index is 12.4. The van der Waals surface area contributed by atoms with Gasteiger partial charge in [0.2, 0.25) is 0 Å². The SMILES string of the molecule is C=P(C)(C)CC[C@H]1O[C@@H](n2cc(CC(C)=O)c(=O)[nH]c2=O)[C@H](O)[C@@H]1O.C=P(C)(C)CC[C@H]1O[C@@H](n2cc(CC(C)=O)c(=O)[nH]c2=O)[C@H](O)[C@@H]1O.C=P(C)(C)CC[C@H]1O[C@@H](n2cc(CNCC=C(C)C)c(=O)[nH]c2=O)[C@H](C)[C@@H]1O.C=P(C)(C)CC[C@H]1O[C@@H](n2cc(CNCC=C(C)C)c(=O)[nH]c2=O)[C@H](O)[C@@H]1O.C=P(C)(C)CC[C@H]1O[C@@H](n2cc(CNCC=C(C)C)c(=O)[nH]c2=S)[C@H](O)[C@@H]1O. The van der Waals surface area contributed by atoms with Crippen LogP contribution in [-0.2, 0) is 65.7 Å². The number of aromatic nitrogens is 10. The number of aromatic amines is 5. The summed E-state index contributed by atoms with van der Waals surface area (Å²) in [5.74, 6) is -0.724. The highest BCUT2D eigenvalue weighted by molar-refractivity contribution is 7.73. The minimum absolute atomic E-state index is 0.102. The van der Waals surface area contributed by atoms with Gasteiger partial charge in [-0.25, -0.2) is 19.2 Å². The maximum Gasteiger partial charge on any atom is 0.330 e. The van der Waals surface area contributed by atoms with Crippen LogP contribution in [-0.4, -0.2) is 339 Å². The van der Waals surface area contributed by atoms with E-state index in [9.17, 15) is 98.7 Å². The van der Waals surface area contributed by atoms with Gasteiger partial charge in [0.1, 0.15) is 66.6 Å². The van der Waals surface area contributed by atoms with Gasteiger partial charge < -0.3 is 85.6 Å². The second-order valence-electron chi connectivity index (χ2n) is 39.4. The van der Waals surface area contributed by atoms with Gasteiger partial charge in [-0.05, 0) is 197 Å². The molecule has 5 aliphatic heterocycles. The van der Waals surface area contributed by atoms with Crippen LogP contribution in [0.1, 0.15) is 153 Å². The number of aliphatic hydroxyl groups excluding tert-OH is 9. The largest absolute Gasteiger partial charge is 0.390 e. The Balaban J connectivity index is 0.000000258. The monoisotopic (exact) mass is 2000 g/mol.